The van der Waals surface area contributed by atoms with Gasteiger partial charge in [-0.05, 0) is 52.1 Å². The Morgan fingerprint density at radius 2 is 2.21 bits per heavy atom. The molecule has 14 heavy (non-hydrogen) atoms. The van der Waals surface area contributed by atoms with Crippen molar-refractivity contribution in [2.24, 2.45) is 11.3 Å². The monoisotopic (exact) mass is 194 g/mol. The second-order valence-electron chi connectivity index (χ2n) is 5.29. The molecule has 1 saturated heterocycles. The molecule has 0 aromatic rings. The summed E-state index contributed by atoms with van der Waals surface area (Å²) in [5.41, 5.74) is -0.152. The number of nitriles is 1. The van der Waals surface area contributed by atoms with E-state index in [1.165, 1.54) is 25.9 Å². The molecule has 0 saturated carbocycles. The van der Waals surface area contributed by atoms with Gasteiger partial charge in [-0.25, -0.2) is 0 Å². The first kappa shape index (κ1) is 11.5. The minimum atomic E-state index is -0.152. The zero-order valence-corrected chi connectivity index (χ0v) is 9.71. The fourth-order valence-electron chi connectivity index (χ4n) is 1.98. The van der Waals surface area contributed by atoms with Crippen LogP contribution < -0.4 is 0 Å². The highest BCUT2D eigenvalue weighted by Crippen LogP contribution is 2.21. The minimum Gasteiger partial charge on any atom is -0.303 e. The number of likely N-dealkylation sites (tertiary alicyclic amines) is 1. The number of piperidine rings is 1. The van der Waals surface area contributed by atoms with Crippen LogP contribution >= 0.6 is 0 Å². The summed E-state index contributed by atoms with van der Waals surface area (Å²) in [5.74, 6) is 0.842. The maximum absolute atomic E-state index is 8.91. The molecule has 1 heterocycles. The van der Waals surface area contributed by atoms with Crippen LogP contribution in [-0.2, 0) is 0 Å². The zero-order valence-electron chi connectivity index (χ0n) is 9.71. The first-order valence-electron chi connectivity index (χ1n) is 5.67. The Labute approximate surface area is 87.9 Å². The van der Waals surface area contributed by atoms with Gasteiger partial charge in [0.1, 0.15) is 0 Å². The van der Waals surface area contributed by atoms with Crippen LogP contribution in [0.1, 0.15) is 40.0 Å². The van der Waals surface area contributed by atoms with Crippen molar-refractivity contribution in [3.63, 3.8) is 0 Å². The van der Waals surface area contributed by atoms with Crippen molar-refractivity contribution < 1.29 is 0 Å². The first-order chi connectivity index (χ1) is 6.53. The SMILES string of the molecule is CC1CCCN(CCC(C)(C)C#N)C1. The van der Waals surface area contributed by atoms with Gasteiger partial charge in [0.2, 0.25) is 0 Å². The topological polar surface area (TPSA) is 27.0 Å². The van der Waals surface area contributed by atoms with Crippen molar-refractivity contribution in [3.8, 4) is 6.07 Å². The lowest BCUT2D eigenvalue weighted by Gasteiger charge is -2.32. The molecule has 1 atom stereocenters. The van der Waals surface area contributed by atoms with E-state index in [4.69, 9.17) is 5.26 Å². The highest BCUT2D eigenvalue weighted by atomic mass is 15.1. The van der Waals surface area contributed by atoms with Crippen LogP contribution in [0.4, 0.5) is 0 Å². The van der Waals surface area contributed by atoms with Crippen LogP contribution in [-0.4, -0.2) is 24.5 Å². The predicted molar refractivity (Wildman–Crippen MR) is 58.8 cm³/mol. The van der Waals surface area contributed by atoms with E-state index in [0.29, 0.717) is 0 Å². The van der Waals surface area contributed by atoms with Gasteiger partial charge >= 0.3 is 0 Å². The Kier molecular flexibility index (Phi) is 3.95. The second kappa shape index (κ2) is 4.79. The molecule has 0 N–H and O–H groups in total. The van der Waals surface area contributed by atoms with Crippen molar-refractivity contribution in [2.75, 3.05) is 19.6 Å². The molecule has 1 aliphatic heterocycles. The fraction of sp³-hybridized carbons (Fsp3) is 0.917. The standard InChI is InChI=1S/C12H22N2/c1-11-5-4-7-14(9-11)8-6-12(2,3)10-13/h11H,4-9H2,1-3H3. The van der Waals surface area contributed by atoms with E-state index >= 15 is 0 Å². The number of rotatable bonds is 3. The molecule has 1 unspecified atom stereocenters. The normalized spacial score (nSPS) is 24.6. The number of hydrogen-bond acceptors (Lipinski definition) is 2. The second-order valence-corrected chi connectivity index (χ2v) is 5.29. The van der Waals surface area contributed by atoms with Crippen molar-refractivity contribution >= 4 is 0 Å². The van der Waals surface area contributed by atoms with Gasteiger partial charge in [0.15, 0.2) is 0 Å². The Bertz CT molecular complexity index is 215. The summed E-state index contributed by atoms with van der Waals surface area (Å²) in [6.45, 7) is 9.92. The molecule has 2 heteroatoms. The smallest absolute Gasteiger partial charge is 0.0684 e. The van der Waals surface area contributed by atoms with Gasteiger partial charge in [-0.3, -0.25) is 0 Å². The van der Waals surface area contributed by atoms with E-state index in [0.717, 1.165) is 18.9 Å². The molecular weight excluding hydrogens is 172 g/mol. The van der Waals surface area contributed by atoms with Gasteiger partial charge in [0.25, 0.3) is 0 Å². The average Bonchev–Trinajstić information content (AvgIpc) is 2.15. The van der Waals surface area contributed by atoms with Gasteiger partial charge in [-0.1, -0.05) is 6.92 Å². The van der Waals surface area contributed by atoms with Crippen LogP contribution in [0.15, 0.2) is 0 Å². The molecule has 0 aromatic carbocycles. The molecular formula is C12H22N2. The fourth-order valence-corrected chi connectivity index (χ4v) is 1.98. The predicted octanol–water partition coefficient (Wildman–Crippen LogP) is 2.66. The molecule has 0 bridgehead atoms. The van der Waals surface area contributed by atoms with Crippen LogP contribution in [0.2, 0.25) is 0 Å². The van der Waals surface area contributed by atoms with Gasteiger partial charge in [0.05, 0.1) is 11.5 Å². The van der Waals surface area contributed by atoms with Gasteiger partial charge < -0.3 is 4.90 Å². The molecule has 0 amide bonds. The molecule has 0 spiro atoms. The lowest BCUT2D eigenvalue weighted by atomic mass is 9.90. The first-order valence-corrected chi connectivity index (χ1v) is 5.67. The summed E-state index contributed by atoms with van der Waals surface area (Å²) in [6.07, 6.45) is 3.70. The van der Waals surface area contributed by atoms with E-state index in [1.807, 2.05) is 13.8 Å². The van der Waals surface area contributed by atoms with Crippen molar-refractivity contribution in [1.82, 2.24) is 4.90 Å². The third-order valence-corrected chi connectivity index (χ3v) is 3.10. The summed E-state index contributed by atoms with van der Waals surface area (Å²) in [4.78, 5) is 2.51. The van der Waals surface area contributed by atoms with Crippen molar-refractivity contribution in [3.05, 3.63) is 0 Å². The Balaban J connectivity index is 2.28. The van der Waals surface area contributed by atoms with Crippen LogP contribution in [0, 0.1) is 22.7 Å². The van der Waals surface area contributed by atoms with Crippen molar-refractivity contribution in [1.29, 1.82) is 5.26 Å². The van der Waals surface area contributed by atoms with Crippen molar-refractivity contribution in [2.45, 2.75) is 40.0 Å². The zero-order chi connectivity index (χ0) is 10.6. The lowest BCUT2D eigenvalue weighted by Crippen LogP contribution is -2.36. The van der Waals surface area contributed by atoms with Gasteiger partial charge in [-0.2, -0.15) is 5.26 Å². The highest BCUT2D eigenvalue weighted by molar-refractivity contribution is 4.92. The Morgan fingerprint density at radius 3 is 2.79 bits per heavy atom. The molecule has 80 valence electrons. The summed E-state index contributed by atoms with van der Waals surface area (Å²) >= 11 is 0. The van der Waals surface area contributed by atoms with Gasteiger partial charge in [-0.15, -0.1) is 0 Å². The molecule has 2 nitrogen and oxygen atoms in total. The van der Waals surface area contributed by atoms with Gasteiger partial charge in [0, 0.05) is 6.54 Å². The summed E-state index contributed by atoms with van der Waals surface area (Å²) in [6, 6.07) is 2.37. The minimum absolute atomic E-state index is 0.152. The number of hydrogen-bond donors (Lipinski definition) is 0. The summed E-state index contributed by atoms with van der Waals surface area (Å²) in [7, 11) is 0. The number of nitrogens with zero attached hydrogens (tertiary/aromatic N) is 2. The van der Waals surface area contributed by atoms with E-state index in [2.05, 4.69) is 17.9 Å². The molecule has 1 aliphatic rings. The van der Waals surface area contributed by atoms with Crippen LogP contribution in [0.3, 0.4) is 0 Å². The van der Waals surface area contributed by atoms with E-state index in [1.54, 1.807) is 0 Å². The molecule has 0 aromatic heterocycles. The third-order valence-electron chi connectivity index (χ3n) is 3.10. The van der Waals surface area contributed by atoms with E-state index < -0.39 is 0 Å². The van der Waals surface area contributed by atoms with Crippen LogP contribution in [0.25, 0.3) is 0 Å². The average molecular weight is 194 g/mol. The highest BCUT2D eigenvalue weighted by Gasteiger charge is 2.21. The molecule has 0 aliphatic carbocycles. The third kappa shape index (κ3) is 3.67. The van der Waals surface area contributed by atoms with Crippen LogP contribution in [0.5, 0.6) is 0 Å². The largest absolute Gasteiger partial charge is 0.303 e. The quantitative estimate of drug-likeness (QED) is 0.690. The summed E-state index contributed by atoms with van der Waals surface area (Å²) < 4.78 is 0. The Hall–Kier alpha value is -0.550. The van der Waals surface area contributed by atoms with E-state index in [-0.39, 0.29) is 5.41 Å². The Morgan fingerprint density at radius 1 is 1.50 bits per heavy atom. The maximum Gasteiger partial charge on any atom is 0.0684 e. The van der Waals surface area contributed by atoms with E-state index in [9.17, 15) is 0 Å². The maximum atomic E-state index is 8.91. The molecule has 0 radical (unpaired) electrons. The lowest BCUT2D eigenvalue weighted by molar-refractivity contribution is 0.168. The molecule has 1 fully saturated rings. The summed E-state index contributed by atoms with van der Waals surface area (Å²) in [5, 5.41) is 8.91. The molecule has 1 rings (SSSR count).